The molecule has 2 aromatic heterocycles. The van der Waals surface area contributed by atoms with Gasteiger partial charge in [0.2, 0.25) is 0 Å². The summed E-state index contributed by atoms with van der Waals surface area (Å²) >= 11 is 0. The van der Waals surface area contributed by atoms with Crippen molar-refractivity contribution in [3.05, 3.63) is 41.2 Å². The molecule has 4 heterocycles. The zero-order valence-corrected chi connectivity index (χ0v) is 17.7. The number of carbonyl (C=O) groups is 1. The SMILES string of the molecule is Cc1noc(C)c1CN1CCCC2(CCN(Cc3ccco3)C2)C1.O=C(O)C(F)(F)F. The normalized spacial score (nSPS) is 22.5. The first-order valence-corrected chi connectivity index (χ1v) is 10.3. The van der Waals surface area contributed by atoms with Crippen molar-refractivity contribution in [1.29, 1.82) is 0 Å². The van der Waals surface area contributed by atoms with E-state index in [0.29, 0.717) is 5.41 Å². The molecule has 0 aliphatic carbocycles. The number of carboxylic acids is 1. The fraction of sp³-hybridized carbons (Fsp3) is 0.619. The monoisotopic (exact) mass is 443 g/mol. The van der Waals surface area contributed by atoms with Crippen molar-refractivity contribution in [3.63, 3.8) is 0 Å². The highest BCUT2D eigenvalue weighted by molar-refractivity contribution is 5.73. The van der Waals surface area contributed by atoms with Crippen LogP contribution in [0.1, 0.15) is 42.0 Å². The quantitative estimate of drug-likeness (QED) is 0.765. The summed E-state index contributed by atoms with van der Waals surface area (Å²) in [6.07, 6.45) is 0.622. The first-order valence-electron chi connectivity index (χ1n) is 10.3. The predicted octanol–water partition coefficient (Wildman–Crippen LogP) is 4.01. The van der Waals surface area contributed by atoms with E-state index in [1.807, 2.05) is 19.9 Å². The Hall–Kier alpha value is -2.33. The molecule has 1 unspecified atom stereocenters. The summed E-state index contributed by atoms with van der Waals surface area (Å²) in [5, 5.41) is 11.2. The second-order valence-corrected chi connectivity index (χ2v) is 8.46. The Morgan fingerprint density at radius 3 is 2.42 bits per heavy atom. The zero-order chi connectivity index (χ0) is 22.6. The molecule has 2 aromatic rings. The fourth-order valence-electron chi connectivity index (χ4n) is 4.52. The molecule has 10 heteroatoms. The summed E-state index contributed by atoms with van der Waals surface area (Å²) in [5.74, 6) is -0.707. The Morgan fingerprint density at radius 1 is 1.19 bits per heavy atom. The standard InChI is InChI=1S/C19H27N3O2.C2HF3O2/c1-15-18(16(2)24-20-15)12-21-8-4-6-19(13-21)7-9-22(14-19)11-17-5-3-10-23-17;3-2(4,5)1(6)7/h3,5,10H,4,6-9,11-14H2,1-2H3;(H,6,7). The van der Waals surface area contributed by atoms with E-state index in [2.05, 4.69) is 21.0 Å². The molecule has 1 atom stereocenters. The first-order chi connectivity index (χ1) is 14.6. The van der Waals surface area contributed by atoms with Crippen LogP contribution in [0.2, 0.25) is 0 Å². The second kappa shape index (κ2) is 9.44. The number of halogens is 3. The topological polar surface area (TPSA) is 83.0 Å². The number of rotatable bonds is 4. The number of furan rings is 1. The van der Waals surface area contributed by atoms with Crippen LogP contribution in [0.4, 0.5) is 13.2 Å². The summed E-state index contributed by atoms with van der Waals surface area (Å²) in [6, 6.07) is 4.06. The lowest BCUT2D eigenvalue weighted by molar-refractivity contribution is -0.192. The van der Waals surface area contributed by atoms with Gasteiger partial charge in [-0.15, -0.1) is 0 Å². The van der Waals surface area contributed by atoms with Crippen LogP contribution in [0.3, 0.4) is 0 Å². The summed E-state index contributed by atoms with van der Waals surface area (Å²) in [7, 11) is 0. The number of hydrogen-bond acceptors (Lipinski definition) is 6. The molecule has 2 aliphatic heterocycles. The Bertz CT molecular complexity index is 846. The van der Waals surface area contributed by atoms with Gasteiger partial charge in [-0.1, -0.05) is 5.16 Å². The molecular formula is C21H28F3N3O4. The highest BCUT2D eigenvalue weighted by Gasteiger charge is 2.41. The van der Waals surface area contributed by atoms with E-state index in [-0.39, 0.29) is 0 Å². The van der Waals surface area contributed by atoms with Crippen molar-refractivity contribution in [1.82, 2.24) is 15.0 Å². The van der Waals surface area contributed by atoms with Crippen LogP contribution >= 0.6 is 0 Å². The van der Waals surface area contributed by atoms with E-state index >= 15 is 0 Å². The minimum Gasteiger partial charge on any atom is -0.475 e. The smallest absolute Gasteiger partial charge is 0.475 e. The van der Waals surface area contributed by atoms with Gasteiger partial charge < -0.3 is 14.0 Å². The van der Waals surface area contributed by atoms with Crippen molar-refractivity contribution in [2.24, 2.45) is 5.41 Å². The van der Waals surface area contributed by atoms with Gasteiger partial charge >= 0.3 is 12.1 Å². The van der Waals surface area contributed by atoms with E-state index in [9.17, 15) is 13.2 Å². The van der Waals surface area contributed by atoms with Crippen LogP contribution in [0.15, 0.2) is 27.3 Å². The molecule has 2 aliphatic rings. The van der Waals surface area contributed by atoms with Crippen LogP contribution in [0.5, 0.6) is 0 Å². The van der Waals surface area contributed by atoms with Crippen molar-refractivity contribution in [3.8, 4) is 0 Å². The molecule has 1 spiro atoms. The van der Waals surface area contributed by atoms with E-state index in [1.165, 1.54) is 51.0 Å². The van der Waals surface area contributed by atoms with Crippen LogP contribution in [-0.2, 0) is 17.9 Å². The second-order valence-electron chi connectivity index (χ2n) is 8.46. The lowest BCUT2D eigenvalue weighted by atomic mass is 9.79. The Morgan fingerprint density at radius 2 is 1.87 bits per heavy atom. The molecule has 1 N–H and O–H groups in total. The third kappa shape index (κ3) is 6.10. The minimum absolute atomic E-state index is 0.448. The summed E-state index contributed by atoms with van der Waals surface area (Å²) in [4.78, 5) is 14.1. The third-order valence-corrected chi connectivity index (χ3v) is 6.02. The average molecular weight is 443 g/mol. The molecule has 172 valence electrons. The molecule has 31 heavy (non-hydrogen) atoms. The van der Waals surface area contributed by atoms with Gasteiger partial charge in [-0.3, -0.25) is 9.80 Å². The van der Waals surface area contributed by atoms with E-state index in [1.54, 1.807) is 6.26 Å². The Kier molecular flexibility index (Phi) is 7.10. The maximum absolute atomic E-state index is 10.6. The lowest BCUT2D eigenvalue weighted by Gasteiger charge is -2.40. The summed E-state index contributed by atoms with van der Waals surface area (Å²) < 4.78 is 42.6. The average Bonchev–Trinajstić information content (AvgIpc) is 3.41. The lowest BCUT2D eigenvalue weighted by Crippen LogP contribution is -2.44. The molecular weight excluding hydrogens is 415 g/mol. The molecule has 2 saturated heterocycles. The van der Waals surface area contributed by atoms with Crippen LogP contribution in [0, 0.1) is 19.3 Å². The number of likely N-dealkylation sites (tertiary alicyclic amines) is 2. The highest BCUT2D eigenvalue weighted by atomic mass is 19.4. The van der Waals surface area contributed by atoms with Gasteiger partial charge in [0.25, 0.3) is 0 Å². The number of aromatic nitrogens is 1. The van der Waals surface area contributed by atoms with Gasteiger partial charge in [0.1, 0.15) is 11.5 Å². The molecule has 0 aromatic carbocycles. The molecule has 0 saturated carbocycles. The molecule has 0 radical (unpaired) electrons. The number of nitrogens with zero attached hydrogens (tertiary/aromatic N) is 3. The minimum atomic E-state index is -5.08. The first kappa shape index (κ1) is 23.3. The molecule has 4 rings (SSSR count). The maximum atomic E-state index is 10.6. The Balaban J connectivity index is 0.000000339. The van der Waals surface area contributed by atoms with Crippen LogP contribution < -0.4 is 0 Å². The number of alkyl halides is 3. The van der Waals surface area contributed by atoms with Gasteiger partial charge in [0.05, 0.1) is 18.5 Å². The van der Waals surface area contributed by atoms with Crippen LogP contribution in [-0.4, -0.2) is 58.4 Å². The van der Waals surface area contributed by atoms with E-state index < -0.39 is 12.1 Å². The maximum Gasteiger partial charge on any atom is 0.490 e. The number of piperidine rings is 1. The summed E-state index contributed by atoms with van der Waals surface area (Å²) in [5.41, 5.74) is 2.76. The van der Waals surface area contributed by atoms with Gasteiger partial charge in [0, 0.05) is 25.2 Å². The van der Waals surface area contributed by atoms with Crippen molar-refractivity contribution >= 4 is 5.97 Å². The summed E-state index contributed by atoms with van der Waals surface area (Å²) in [6.45, 7) is 10.7. The highest BCUT2D eigenvalue weighted by Crippen LogP contribution is 2.40. The van der Waals surface area contributed by atoms with Crippen molar-refractivity contribution in [2.45, 2.75) is 52.4 Å². The van der Waals surface area contributed by atoms with Crippen molar-refractivity contribution in [2.75, 3.05) is 26.2 Å². The van der Waals surface area contributed by atoms with Gasteiger partial charge in [-0.25, -0.2) is 4.79 Å². The van der Waals surface area contributed by atoms with E-state index in [0.717, 1.165) is 30.3 Å². The van der Waals surface area contributed by atoms with E-state index in [4.69, 9.17) is 18.8 Å². The number of carboxylic acid groups (broad SMARTS) is 1. The molecule has 7 nitrogen and oxygen atoms in total. The number of hydrogen-bond donors (Lipinski definition) is 1. The molecule has 0 bridgehead atoms. The van der Waals surface area contributed by atoms with Crippen LogP contribution in [0.25, 0.3) is 0 Å². The largest absolute Gasteiger partial charge is 0.490 e. The molecule has 2 fully saturated rings. The fourth-order valence-corrected chi connectivity index (χ4v) is 4.52. The van der Waals surface area contributed by atoms with Gasteiger partial charge in [-0.2, -0.15) is 13.2 Å². The third-order valence-electron chi connectivity index (χ3n) is 6.02. The number of aliphatic carboxylic acids is 1. The Labute approximate surface area is 178 Å². The predicted molar refractivity (Wildman–Crippen MR) is 105 cm³/mol. The molecule has 0 amide bonds. The van der Waals surface area contributed by atoms with Gasteiger partial charge in [-0.05, 0) is 63.7 Å². The zero-order valence-electron chi connectivity index (χ0n) is 17.7. The van der Waals surface area contributed by atoms with Crippen molar-refractivity contribution < 1.29 is 32.0 Å². The van der Waals surface area contributed by atoms with Gasteiger partial charge in [0.15, 0.2) is 0 Å². The number of aryl methyl sites for hydroxylation is 2.